The number of fused-ring (bicyclic) bond motifs is 1. The average Bonchev–Trinajstić information content (AvgIpc) is 3.12. The summed E-state index contributed by atoms with van der Waals surface area (Å²) >= 11 is 0. The first-order chi connectivity index (χ1) is 15.8. The molecule has 0 spiro atoms. The van der Waals surface area contributed by atoms with Crippen LogP contribution < -0.4 is 4.90 Å². The van der Waals surface area contributed by atoms with Crippen molar-refractivity contribution < 1.29 is 9.59 Å². The van der Waals surface area contributed by atoms with Gasteiger partial charge in [0.15, 0.2) is 5.82 Å². The van der Waals surface area contributed by atoms with Crippen LogP contribution in [-0.2, 0) is 17.8 Å². The van der Waals surface area contributed by atoms with Crippen LogP contribution in [0.1, 0.15) is 60.7 Å². The lowest BCUT2D eigenvalue weighted by atomic mass is 9.97. The Bertz CT molecular complexity index is 1180. The molecular formula is C27H30N4O2. The predicted molar refractivity (Wildman–Crippen MR) is 130 cm³/mol. The van der Waals surface area contributed by atoms with Gasteiger partial charge in [0.1, 0.15) is 5.82 Å². The summed E-state index contributed by atoms with van der Waals surface area (Å²) in [5.41, 5.74) is 4.60. The highest BCUT2D eigenvalue weighted by molar-refractivity contribution is 6.00. The maximum absolute atomic E-state index is 12.8. The second kappa shape index (κ2) is 9.14. The van der Waals surface area contributed by atoms with Crippen LogP contribution in [0.3, 0.4) is 0 Å². The van der Waals surface area contributed by atoms with Gasteiger partial charge >= 0.3 is 0 Å². The van der Waals surface area contributed by atoms with Crippen molar-refractivity contribution in [1.29, 1.82) is 0 Å². The van der Waals surface area contributed by atoms with Gasteiger partial charge in [-0.15, -0.1) is 0 Å². The molecule has 2 aromatic carbocycles. The molecule has 6 heteroatoms. The lowest BCUT2D eigenvalue weighted by Gasteiger charge is -2.22. The topological polar surface area (TPSA) is 66.4 Å². The number of aromatic nitrogens is 2. The van der Waals surface area contributed by atoms with E-state index in [4.69, 9.17) is 4.98 Å². The highest BCUT2D eigenvalue weighted by atomic mass is 16.2. The van der Waals surface area contributed by atoms with Crippen LogP contribution in [0.25, 0.3) is 11.4 Å². The van der Waals surface area contributed by atoms with E-state index in [0.717, 1.165) is 16.7 Å². The Balaban J connectivity index is 1.60. The Hall–Kier alpha value is -3.54. The number of carbonyl (C=O) groups is 2. The molecular weight excluding hydrogens is 412 g/mol. The lowest BCUT2D eigenvalue weighted by Crippen LogP contribution is -2.33. The smallest absolute Gasteiger partial charge is 0.253 e. The van der Waals surface area contributed by atoms with E-state index in [0.29, 0.717) is 36.1 Å². The number of anilines is 1. The van der Waals surface area contributed by atoms with E-state index < -0.39 is 0 Å². The molecule has 2 amide bonds. The Labute approximate surface area is 195 Å². The van der Waals surface area contributed by atoms with Crippen LogP contribution in [0.15, 0.2) is 54.7 Å². The van der Waals surface area contributed by atoms with Crippen molar-refractivity contribution in [3.63, 3.8) is 0 Å². The first kappa shape index (κ1) is 22.6. The van der Waals surface area contributed by atoms with Crippen LogP contribution in [0.4, 0.5) is 5.82 Å². The van der Waals surface area contributed by atoms with E-state index in [-0.39, 0.29) is 17.9 Å². The van der Waals surface area contributed by atoms with Gasteiger partial charge in [-0.1, -0.05) is 50.2 Å². The lowest BCUT2D eigenvalue weighted by molar-refractivity contribution is -0.117. The van der Waals surface area contributed by atoms with Crippen molar-refractivity contribution in [3.8, 4) is 11.4 Å². The molecule has 0 radical (unpaired) electrons. The Morgan fingerprint density at radius 2 is 1.76 bits per heavy atom. The fourth-order valence-corrected chi connectivity index (χ4v) is 4.00. The summed E-state index contributed by atoms with van der Waals surface area (Å²) in [6.45, 7) is 8.67. The summed E-state index contributed by atoms with van der Waals surface area (Å²) in [5.74, 6) is 1.64. The molecule has 1 aliphatic heterocycles. The number of benzene rings is 2. The zero-order valence-corrected chi connectivity index (χ0v) is 19.9. The Kier molecular flexibility index (Phi) is 6.27. The highest BCUT2D eigenvalue weighted by Gasteiger charge is 2.30. The third kappa shape index (κ3) is 4.51. The quantitative estimate of drug-likeness (QED) is 0.548. The predicted octanol–water partition coefficient (Wildman–Crippen LogP) is 4.84. The summed E-state index contributed by atoms with van der Waals surface area (Å²) in [7, 11) is 1.80. The second-order valence-electron chi connectivity index (χ2n) is 9.15. The number of hydrogen-bond acceptors (Lipinski definition) is 4. The van der Waals surface area contributed by atoms with Crippen molar-refractivity contribution in [2.75, 3.05) is 11.9 Å². The van der Waals surface area contributed by atoms with Crippen molar-refractivity contribution in [2.24, 2.45) is 0 Å². The molecule has 0 saturated heterocycles. The Morgan fingerprint density at radius 1 is 1.06 bits per heavy atom. The third-order valence-electron chi connectivity index (χ3n) is 6.20. The SMILES string of the molecule is CC(C)c1ccccc1-c1ncc2c(n1)N(Cc1ccc(C(=O)N(C)C(C)C)cc1)C(=O)C2. The molecule has 170 valence electrons. The van der Waals surface area contributed by atoms with Crippen LogP contribution in [0.5, 0.6) is 0 Å². The normalized spacial score (nSPS) is 13.1. The van der Waals surface area contributed by atoms with Gasteiger partial charge < -0.3 is 4.90 Å². The molecule has 0 fully saturated rings. The first-order valence-electron chi connectivity index (χ1n) is 11.4. The zero-order valence-electron chi connectivity index (χ0n) is 19.9. The molecule has 0 N–H and O–H groups in total. The molecule has 0 aliphatic carbocycles. The van der Waals surface area contributed by atoms with Crippen molar-refractivity contribution in [3.05, 3.63) is 77.0 Å². The fraction of sp³-hybridized carbons (Fsp3) is 0.333. The van der Waals surface area contributed by atoms with Crippen LogP contribution in [0, 0.1) is 0 Å². The minimum Gasteiger partial charge on any atom is -0.339 e. The van der Waals surface area contributed by atoms with Crippen molar-refractivity contribution in [2.45, 2.75) is 52.6 Å². The zero-order chi connectivity index (χ0) is 23.7. The molecule has 0 unspecified atom stereocenters. The van der Waals surface area contributed by atoms with Crippen molar-refractivity contribution >= 4 is 17.6 Å². The van der Waals surface area contributed by atoms with Crippen molar-refractivity contribution in [1.82, 2.24) is 14.9 Å². The number of rotatable bonds is 6. The molecule has 1 aromatic heterocycles. The van der Waals surface area contributed by atoms with Gasteiger partial charge in [-0.2, -0.15) is 0 Å². The molecule has 33 heavy (non-hydrogen) atoms. The summed E-state index contributed by atoms with van der Waals surface area (Å²) in [5, 5.41) is 0. The maximum Gasteiger partial charge on any atom is 0.253 e. The van der Waals surface area contributed by atoms with E-state index in [1.54, 1.807) is 23.0 Å². The van der Waals surface area contributed by atoms with Gasteiger partial charge in [0.05, 0.1) is 13.0 Å². The van der Waals surface area contributed by atoms with Crippen LogP contribution >= 0.6 is 0 Å². The molecule has 2 heterocycles. The molecule has 6 nitrogen and oxygen atoms in total. The van der Waals surface area contributed by atoms with E-state index in [9.17, 15) is 9.59 Å². The number of carbonyl (C=O) groups excluding carboxylic acids is 2. The largest absolute Gasteiger partial charge is 0.339 e. The average molecular weight is 443 g/mol. The highest BCUT2D eigenvalue weighted by Crippen LogP contribution is 2.32. The van der Waals surface area contributed by atoms with E-state index in [1.165, 1.54) is 5.56 Å². The van der Waals surface area contributed by atoms with Crippen LogP contribution in [-0.4, -0.2) is 39.8 Å². The van der Waals surface area contributed by atoms with E-state index in [2.05, 4.69) is 24.9 Å². The second-order valence-corrected chi connectivity index (χ2v) is 9.15. The van der Waals surface area contributed by atoms with Gasteiger partial charge in [0.2, 0.25) is 5.91 Å². The molecule has 0 saturated carbocycles. The van der Waals surface area contributed by atoms with Gasteiger partial charge in [0, 0.05) is 36.0 Å². The Morgan fingerprint density at radius 3 is 2.42 bits per heavy atom. The first-order valence-corrected chi connectivity index (χ1v) is 11.4. The summed E-state index contributed by atoms with van der Waals surface area (Å²) in [4.78, 5) is 38.2. The fourth-order valence-electron chi connectivity index (χ4n) is 4.00. The standard InChI is InChI=1S/C27H30N4O2/c1-17(2)22-8-6-7-9-23(22)25-28-15-21-14-24(32)31(26(21)29-25)16-19-10-12-20(13-11-19)27(33)30(5)18(3)4/h6-13,15,17-18H,14,16H2,1-5H3. The molecule has 0 bridgehead atoms. The van der Waals surface area contributed by atoms with E-state index in [1.807, 2.05) is 56.3 Å². The van der Waals surface area contributed by atoms with Gasteiger partial charge in [-0.05, 0) is 43.0 Å². The molecule has 3 aromatic rings. The summed E-state index contributed by atoms with van der Waals surface area (Å²) in [6, 6.07) is 15.7. The monoisotopic (exact) mass is 442 g/mol. The minimum absolute atomic E-state index is 0.00767. The summed E-state index contributed by atoms with van der Waals surface area (Å²) < 4.78 is 0. The minimum atomic E-state index is -0.0136. The number of amides is 2. The number of hydrogen-bond donors (Lipinski definition) is 0. The molecule has 0 atom stereocenters. The maximum atomic E-state index is 12.8. The van der Waals surface area contributed by atoms with Crippen LogP contribution in [0.2, 0.25) is 0 Å². The van der Waals surface area contributed by atoms with Gasteiger partial charge in [-0.3, -0.25) is 14.5 Å². The molecule has 4 rings (SSSR count). The third-order valence-corrected chi connectivity index (χ3v) is 6.20. The summed E-state index contributed by atoms with van der Waals surface area (Å²) in [6.07, 6.45) is 2.08. The molecule has 1 aliphatic rings. The van der Waals surface area contributed by atoms with Gasteiger partial charge in [-0.25, -0.2) is 9.97 Å². The van der Waals surface area contributed by atoms with Gasteiger partial charge in [0.25, 0.3) is 5.91 Å². The number of nitrogens with zero attached hydrogens (tertiary/aromatic N) is 4. The van der Waals surface area contributed by atoms with E-state index >= 15 is 0 Å².